The number of furan rings is 1. The number of amides is 1. The van der Waals surface area contributed by atoms with Gasteiger partial charge >= 0.3 is 11.6 Å². The summed E-state index contributed by atoms with van der Waals surface area (Å²) >= 11 is 0. The third kappa shape index (κ3) is 2.93. The first-order valence-electron chi connectivity index (χ1n) is 9.75. The van der Waals surface area contributed by atoms with Crippen LogP contribution in [0.1, 0.15) is 10.4 Å². The van der Waals surface area contributed by atoms with Gasteiger partial charge in [-0.15, -0.1) is 5.10 Å². The summed E-state index contributed by atoms with van der Waals surface area (Å²) in [5.41, 5.74) is 0.141. The molecule has 3 aromatic carbocycles. The number of aromatic nitrogens is 2. The summed E-state index contributed by atoms with van der Waals surface area (Å²) < 4.78 is 16.6. The van der Waals surface area contributed by atoms with Crippen molar-refractivity contribution in [3.8, 4) is 11.7 Å². The van der Waals surface area contributed by atoms with Crippen molar-refractivity contribution >= 4 is 44.6 Å². The van der Waals surface area contributed by atoms with Gasteiger partial charge < -0.3 is 13.3 Å². The minimum atomic E-state index is -0.762. The maximum atomic E-state index is 12.8. The summed E-state index contributed by atoms with van der Waals surface area (Å²) in [6, 6.07) is 21.8. The van der Waals surface area contributed by atoms with Crippen molar-refractivity contribution in [1.29, 1.82) is 0 Å². The third-order valence-electron chi connectivity index (χ3n) is 5.17. The lowest BCUT2D eigenvalue weighted by atomic mass is 10.0. The molecule has 0 fully saturated rings. The van der Waals surface area contributed by atoms with E-state index in [0.717, 1.165) is 16.2 Å². The normalized spacial score (nSPS) is 11.4. The average Bonchev–Trinajstić information content (AvgIpc) is 3.45. The van der Waals surface area contributed by atoms with Crippen molar-refractivity contribution in [2.45, 2.75) is 0 Å². The molecular weight excluding hydrogens is 410 g/mol. The van der Waals surface area contributed by atoms with Crippen LogP contribution < -0.4 is 10.9 Å². The standard InChI is InChI=1S/C24H13N3O5/c28-21(17-12-16-15-7-3-1-5-13(15)9-10-19(16)31-23(17)29)25-24-27-26-22(32-24)20-11-14-6-2-4-8-18(14)30-20/h1-12H,(H,25,27,28). The molecule has 0 bridgehead atoms. The van der Waals surface area contributed by atoms with Crippen molar-refractivity contribution < 1.29 is 18.0 Å². The molecule has 0 radical (unpaired) electrons. The third-order valence-corrected chi connectivity index (χ3v) is 5.17. The predicted octanol–water partition coefficient (Wildman–Crippen LogP) is 4.99. The fraction of sp³-hybridized carbons (Fsp3) is 0. The molecule has 0 saturated carbocycles. The molecule has 0 atom stereocenters. The Balaban J connectivity index is 1.34. The number of fused-ring (bicyclic) bond motifs is 4. The summed E-state index contributed by atoms with van der Waals surface area (Å²) in [4.78, 5) is 25.2. The van der Waals surface area contributed by atoms with Gasteiger partial charge in [0, 0.05) is 10.8 Å². The van der Waals surface area contributed by atoms with Gasteiger partial charge in [0.05, 0.1) is 0 Å². The molecule has 6 rings (SSSR count). The van der Waals surface area contributed by atoms with Crippen LogP contribution in [0.25, 0.3) is 44.4 Å². The second kappa shape index (κ2) is 6.92. The van der Waals surface area contributed by atoms with Crippen molar-refractivity contribution in [2.75, 3.05) is 5.32 Å². The van der Waals surface area contributed by atoms with Crippen LogP contribution in [0.5, 0.6) is 0 Å². The first-order valence-corrected chi connectivity index (χ1v) is 9.75. The number of carbonyl (C=O) groups is 1. The molecular formula is C24H13N3O5. The molecule has 0 aliphatic heterocycles. The van der Waals surface area contributed by atoms with E-state index in [2.05, 4.69) is 15.5 Å². The fourth-order valence-corrected chi connectivity index (χ4v) is 3.65. The van der Waals surface area contributed by atoms with E-state index in [0.29, 0.717) is 22.3 Å². The topological polar surface area (TPSA) is 111 Å². The molecule has 0 aliphatic carbocycles. The monoisotopic (exact) mass is 423 g/mol. The van der Waals surface area contributed by atoms with Crippen LogP contribution in [0.15, 0.2) is 90.8 Å². The Hall–Kier alpha value is -4.72. The van der Waals surface area contributed by atoms with Crippen LogP contribution in [0.3, 0.4) is 0 Å². The van der Waals surface area contributed by atoms with Gasteiger partial charge in [-0.05, 0) is 35.0 Å². The zero-order valence-corrected chi connectivity index (χ0v) is 16.4. The highest BCUT2D eigenvalue weighted by Gasteiger charge is 2.19. The number of carbonyl (C=O) groups excluding carboxylic acids is 1. The first-order chi connectivity index (χ1) is 15.7. The van der Waals surface area contributed by atoms with E-state index < -0.39 is 11.5 Å². The van der Waals surface area contributed by atoms with E-state index in [4.69, 9.17) is 13.3 Å². The van der Waals surface area contributed by atoms with Crippen molar-refractivity contribution in [3.63, 3.8) is 0 Å². The van der Waals surface area contributed by atoms with Crippen LogP contribution in [0.4, 0.5) is 6.01 Å². The summed E-state index contributed by atoms with van der Waals surface area (Å²) in [6.07, 6.45) is 0. The number of nitrogens with zero attached hydrogens (tertiary/aromatic N) is 2. The lowest BCUT2D eigenvalue weighted by Gasteiger charge is -2.05. The molecule has 154 valence electrons. The van der Waals surface area contributed by atoms with Gasteiger partial charge in [0.25, 0.3) is 11.8 Å². The zero-order valence-electron chi connectivity index (χ0n) is 16.4. The summed E-state index contributed by atoms with van der Waals surface area (Å²) in [7, 11) is 0. The van der Waals surface area contributed by atoms with Gasteiger partial charge in [-0.3, -0.25) is 10.1 Å². The van der Waals surface area contributed by atoms with Crippen LogP contribution in [0.2, 0.25) is 0 Å². The van der Waals surface area contributed by atoms with Crippen molar-refractivity contribution in [3.05, 3.63) is 88.8 Å². The Morgan fingerprint density at radius 2 is 1.56 bits per heavy atom. The first kappa shape index (κ1) is 18.1. The molecule has 6 aromatic rings. The molecule has 1 amide bonds. The lowest BCUT2D eigenvalue weighted by molar-refractivity contribution is 0.102. The number of nitrogens with one attached hydrogen (secondary N) is 1. The van der Waals surface area contributed by atoms with Gasteiger partial charge in [0.15, 0.2) is 5.76 Å². The number of hydrogen-bond acceptors (Lipinski definition) is 7. The maximum Gasteiger partial charge on any atom is 0.349 e. The SMILES string of the molecule is O=C(Nc1nnc(-c2cc3ccccc3o2)o1)c1cc2c(ccc3ccccc32)oc1=O. The Labute approximate surface area is 179 Å². The highest BCUT2D eigenvalue weighted by Crippen LogP contribution is 2.28. The highest BCUT2D eigenvalue weighted by atomic mass is 16.4. The average molecular weight is 423 g/mol. The number of benzene rings is 3. The Kier molecular flexibility index (Phi) is 3.91. The van der Waals surface area contributed by atoms with E-state index in [1.165, 1.54) is 6.07 Å². The molecule has 0 spiro atoms. The fourth-order valence-electron chi connectivity index (χ4n) is 3.65. The molecule has 3 aromatic heterocycles. The number of rotatable bonds is 3. The molecule has 8 heteroatoms. The number of anilines is 1. The van der Waals surface area contributed by atoms with E-state index in [1.807, 2.05) is 54.6 Å². The van der Waals surface area contributed by atoms with E-state index in [1.54, 1.807) is 12.1 Å². The molecule has 3 heterocycles. The van der Waals surface area contributed by atoms with Gasteiger partial charge in [-0.1, -0.05) is 53.6 Å². The lowest BCUT2D eigenvalue weighted by Crippen LogP contribution is -2.20. The van der Waals surface area contributed by atoms with Gasteiger partial charge in [0.1, 0.15) is 16.7 Å². The molecule has 0 aliphatic rings. The largest absolute Gasteiger partial charge is 0.451 e. The smallest absolute Gasteiger partial charge is 0.349 e. The van der Waals surface area contributed by atoms with Gasteiger partial charge in [-0.2, -0.15) is 0 Å². The molecule has 0 unspecified atom stereocenters. The van der Waals surface area contributed by atoms with E-state index in [-0.39, 0.29) is 17.5 Å². The zero-order chi connectivity index (χ0) is 21.7. The summed E-state index contributed by atoms with van der Waals surface area (Å²) in [6.45, 7) is 0. The highest BCUT2D eigenvalue weighted by molar-refractivity contribution is 6.10. The minimum Gasteiger partial charge on any atom is -0.451 e. The van der Waals surface area contributed by atoms with Crippen molar-refractivity contribution in [2.24, 2.45) is 0 Å². The minimum absolute atomic E-state index is 0.105. The maximum absolute atomic E-state index is 12.8. The van der Waals surface area contributed by atoms with Crippen LogP contribution in [-0.2, 0) is 0 Å². The van der Waals surface area contributed by atoms with Crippen LogP contribution >= 0.6 is 0 Å². The van der Waals surface area contributed by atoms with Crippen LogP contribution in [0, 0.1) is 0 Å². The Morgan fingerprint density at radius 1 is 0.750 bits per heavy atom. The predicted molar refractivity (Wildman–Crippen MR) is 117 cm³/mol. The molecule has 0 saturated heterocycles. The van der Waals surface area contributed by atoms with Gasteiger partial charge in [-0.25, -0.2) is 4.79 Å². The molecule has 8 nitrogen and oxygen atoms in total. The second-order valence-electron chi connectivity index (χ2n) is 7.16. The van der Waals surface area contributed by atoms with Crippen LogP contribution in [-0.4, -0.2) is 16.1 Å². The summed E-state index contributed by atoms with van der Waals surface area (Å²) in [5, 5.41) is 13.6. The van der Waals surface area contributed by atoms with Crippen molar-refractivity contribution in [1.82, 2.24) is 10.2 Å². The Morgan fingerprint density at radius 3 is 2.44 bits per heavy atom. The Bertz CT molecular complexity index is 1680. The number of hydrogen-bond donors (Lipinski definition) is 1. The summed E-state index contributed by atoms with van der Waals surface area (Å²) in [5.74, 6) is -0.239. The second-order valence-corrected chi connectivity index (χ2v) is 7.16. The molecule has 32 heavy (non-hydrogen) atoms. The van der Waals surface area contributed by atoms with Gasteiger partial charge in [0.2, 0.25) is 0 Å². The number of para-hydroxylation sites is 1. The quantitative estimate of drug-likeness (QED) is 0.315. The van der Waals surface area contributed by atoms with E-state index in [9.17, 15) is 9.59 Å². The van der Waals surface area contributed by atoms with E-state index >= 15 is 0 Å². The molecule has 1 N–H and O–H groups in total.